The number of nitrogens with one attached hydrogen (secondary N) is 1. The number of amides is 2. The van der Waals surface area contributed by atoms with Gasteiger partial charge in [-0.25, -0.2) is 9.78 Å². The highest BCUT2D eigenvalue weighted by Crippen LogP contribution is 2.24. The fourth-order valence-corrected chi connectivity index (χ4v) is 4.61. The molecule has 3 rings (SSSR count). The van der Waals surface area contributed by atoms with E-state index in [4.69, 9.17) is 9.15 Å². The number of carbonyl (C=O) groups excluding carboxylic acids is 5. The second-order valence-corrected chi connectivity index (χ2v) is 10.6. The fraction of sp³-hybridized carbons (Fsp3) is 0.467. The molecule has 1 aromatic rings. The van der Waals surface area contributed by atoms with Gasteiger partial charge in [-0.1, -0.05) is 56.7 Å². The molecule has 41 heavy (non-hydrogen) atoms. The molecule has 0 spiro atoms. The third-order valence-electron chi connectivity index (χ3n) is 6.59. The molecular formula is C30H37N3O8. The average Bonchev–Trinajstić information content (AvgIpc) is 3.57. The summed E-state index contributed by atoms with van der Waals surface area (Å²) in [5, 5.41) is 12.9. The van der Waals surface area contributed by atoms with E-state index in [9.17, 15) is 29.1 Å². The lowest BCUT2D eigenvalue weighted by Crippen LogP contribution is -2.36. The number of ether oxygens (including phenoxy) is 1. The van der Waals surface area contributed by atoms with Crippen molar-refractivity contribution in [1.82, 2.24) is 15.2 Å². The van der Waals surface area contributed by atoms with Gasteiger partial charge in [-0.3, -0.25) is 19.2 Å². The zero-order chi connectivity index (χ0) is 30.1. The Kier molecular flexibility index (Phi) is 11.1. The van der Waals surface area contributed by atoms with Gasteiger partial charge in [0.1, 0.15) is 29.6 Å². The number of nitrogens with zero attached hydrogens (tertiary/aromatic N) is 2. The van der Waals surface area contributed by atoms with E-state index in [-0.39, 0.29) is 61.0 Å². The minimum absolute atomic E-state index is 0.0333. The van der Waals surface area contributed by atoms with Crippen molar-refractivity contribution in [3.8, 4) is 0 Å². The minimum Gasteiger partial charge on any atom is -0.457 e. The van der Waals surface area contributed by atoms with E-state index in [1.54, 1.807) is 31.2 Å². The number of allylic oxidation sites excluding steroid dienone is 2. The van der Waals surface area contributed by atoms with Crippen LogP contribution in [0, 0.1) is 11.8 Å². The summed E-state index contributed by atoms with van der Waals surface area (Å²) in [7, 11) is 0. The van der Waals surface area contributed by atoms with E-state index in [1.807, 2.05) is 20.8 Å². The summed E-state index contributed by atoms with van der Waals surface area (Å²) in [5.41, 5.74) is 0.674. The van der Waals surface area contributed by atoms with Gasteiger partial charge in [0.05, 0.1) is 18.9 Å². The molecule has 11 heteroatoms. The van der Waals surface area contributed by atoms with Gasteiger partial charge in [-0.15, -0.1) is 0 Å². The Morgan fingerprint density at radius 2 is 1.85 bits per heavy atom. The molecule has 11 nitrogen and oxygen atoms in total. The first kappa shape index (κ1) is 31.4. The Labute approximate surface area is 239 Å². The molecule has 3 atom stereocenters. The summed E-state index contributed by atoms with van der Waals surface area (Å²) >= 11 is 0. The Morgan fingerprint density at radius 1 is 1.10 bits per heavy atom. The summed E-state index contributed by atoms with van der Waals surface area (Å²) in [4.78, 5) is 68.7. The number of oxazole rings is 1. The molecule has 0 aliphatic carbocycles. The predicted molar refractivity (Wildman–Crippen MR) is 148 cm³/mol. The molecular weight excluding hydrogens is 530 g/mol. The molecule has 2 aliphatic heterocycles. The van der Waals surface area contributed by atoms with Crippen molar-refractivity contribution >= 4 is 29.4 Å². The Morgan fingerprint density at radius 3 is 2.59 bits per heavy atom. The molecule has 3 heterocycles. The average molecular weight is 568 g/mol. The van der Waals surface area contributed by atoms with Crippen LogP contribution in [0.4, 0.5) is 0 Å². The summed E-state index contributed by atoms with van der Waals surface area (Å²) in [6.07, 6.45) is 8.49. The van der Waals surface area contributed by atoms with E-state index in [1.165, 1.54) is 17.1 Å². The zero-order valence-corrected chi connectivity index (χ0v) is 23.8. The summed E-state index contributed by atoms with van der Waals surface area (Å²) in [6.45, 7) is 7.84. The maximum absolute atomic E-state index is 13.2. The highest BCUT2D eigenvalue weighted by Gasteiger charge is 2.33. The fourth-order valence-electron chi connectivity index (χ4n) is 4.61. The van der Waals surface area contributed by atoms with Gasteiger partial charge in [0, 0.05) is 25.4 Å². The molecule has 2 amide bonds. The number of ketones is 2. The second kappa shape index (κ2) is 14.5. The lowest BCUT2D eigenvalue weighted by Gasteiger charge is -2.27. The number of hydrogen-bond acceptors (Lipinski definition) is 9. The number of cyclic esters (lactones) is 1. The normalized spacial score (nSPS) is 27.1. The van der Waals surface area contributed by atoms with E-state index in [0.29, 0.717) is 12.0 Å². The molecule has 1 aromatic heterocycles. The highest BCUT2D eigenvalue weighted by molar-refractivity contribution is 6.01. The van der Waals surface area contributed by atoms with Crippen LogP contribution in [-0.4, -0.2) is 69.6 Å². The van der Waals surface area contributed by atoms with Crippen molar-refractivity contribution in [2.24, 2.45) is 11.8 Å². The number of esters is 1. The Balaban J connectivity index is 1.84. The van der Waals surface area contributed by atoms with Crippen LogP contribution in [0.15, 0.2) is 58.4 Å². The van der Waals surface area contributed by atoms with Gasteiger partial charge in [0.2, 0.25) is 11.8 Å². The molecule has 0 saturated carbocycles. The number of carbonyl (C=O) groups is 5. The molecule has 0 saturated heterocycles. The first-order chi connectivity index (χ1) is 19.4. The number of aromatic nitrogens is 1. The first-order valence-electron chi connectivity index (χ1n) is 13.6. The van der Waals surface area contributed by atoms with Gasteiger partial charge in [0.25, 0.3) is 5.91 Å². The number of aliphatic hydroxyl groups is 1. The van der Waals surface area contributed by atoms with Crippen LogP contribution in [0.1, 0.15) is 63.3 Å². The lowest BCUT2D eigenvalue weighted by atomic mass is 9.94. The third-order valence-corrected chi connectivity index (χ3v) is 6.59. The number of rotatable bonds is 1. The summed E-state index contributed by atoms with van der Waals surface area (Å²) < 4.78 is 11.1. The maximum atomic E-state index is 13.2. The smallest absolute Gasteiger partial charge is 0.355 e. The van der Waals surface area contributed by atoms with Gasteiger partial charge in [-0.2, -0.15) is 0 Å². The third kappa shape index (κ3) is 9.21. The van der Waals surface area contributed by atoms with Crippen molar-refractivity contribution < 1.29 is 38.2 Å². The molecule has 0 unspecified atom stereocenters. The van der Waals surface area contributed by atoms with Crippen LogP contribution in [-0.2, 0) is 30.3 Å². The molecule has 2 bridgehead atoms. The molecule has 0 aromatic carbocycles. The number of hydrogen-bond donors (Lipinski definition) is 2. The lowest BCUT2D eigenvalue weighted by molar-refractivity contribution is -0.150. The van der Waals surface area contributed by atoms with Crippen LogP contribution in [0.3, 0.4) is 0 Å². The van der Waals surface area contributed by atoms with Crippen LogP contribution in [0.2, 0.25) is 0 Å². The van der Waals surface area contributed by atoms with Crippen molar-refractivity contribution in [3.63, 3.8) is 0 Å². The summed E-state index contributed by atoms with van der Waals surface area (Å²) in [5.74, 6) is -2.93. The standard InChI is InChI=1S/C30H37N3O8/c1-18(2)28-20(4)9-10-26(37)31-11-5-7-19(3)13-21(34)14-22(35)15-23(36)16-27-32-24(17-40-27)29(38)33-12-6-8-25(33)30(39)41-28/h5,7-10,13,17-18,20-21,28,34H,6,11-12,14-16H2,1-4H3,(H,31,37)/b7-5+,10-9+,19-13+/t20-,21-,28-/m1/s1. The Bertz CT molecular complexity index is 1290. The topological polar surface area (TPSA) is 156 Å². The van der Waals surface area contributed by atoms with Crippen LogP contribution in [0.5, 0.6) is 0 Å². The van der Waals surface area contributed by atoms with Crippen LogP contribution in [0.25, 0.3) is 0 Å². The highest BCUT2D eigenvalue weighted by atomic mass is 16.5. The number of Topliss-reactive ketones (excluding diaryl/α,β-unsaturated/α-hetero) is 2. The molecule has 0 radical (unpaired) electrons. The molecule has 2 N–H and O–H groups in total. The van der Waals surface area contributed by atoms with Gasteiger partial charge in [0.15, 0.2) is 5.69 Å². The molecule has 220 valence electrons. The quantitative estimate of drug-likeness (QED) is 0.385. The van der Waals surface area contributed by atoms with Crippen molar-refractivity contribution in [1.29, 1.82) is 0 Å². The predicted octanol–water partition coefficient (Wildman–Crippen LogP) is 2.62. The SMILES string of the molecule is CC1=C\[C@@H](O)CC(=O)CC(=O)Cc2nc(co2)C(=O)N2CCC=C2C(=O)O[C@H](C(C)C)[C@H](C)/C=C/C(=O)NC\C=C\1. The van der Waals surface area contributed by atoms with Crippen molar-refractivity contribution in [2.45, 2.75) is 65.6 Å². The van der Waals surface area contributed by atoms with E-state index < -0.39 is 42.1 Å². The van der Waals surface area contributed by atoms with E-state index in [0.717, 1.165) is 6.26 Å². The minimum atomic E-state index is -1.08. The largest absolute Gasteiger partial charge is 0.457 e. The van der Waals surface area contributed by atoms with Crippen LogP contribution < -0.4 is 5.32 Å². The molecule has 2 aliphatic rings. The second-order valence-electron chi connectivity index (χ2n) is 10.6. The first-order valence-corrected chi connectivity index (χ1v) is 13.6. The monoisotopic (exact) mass is 567 g/mol. The van der Waals surface area contributed by atoms with Crippen molar-refractivity contribution in [2.75, 3.05) is 13.1 Å². The van der Waals surface area contributed by atoms with Crippen molar-refractivity contribution in [3.05, 3.63) is 65.6 Å². The van der Waals surface area contributed by atoms with Gasteiger partial charge >= 0.3 is 5.97 Å². The van der Waals surface area contributed by atoms with Gasteiger partial charge < -0.3 is 24.5 Å². The van der Waals surface area contributed by atoms with Crippen LogP contribution >= 0.6 is 0 Å². The van der Waals surface area contributed by atoms with E-state index in [2.05, 4.69) is 10.3 Å². The zero-order valence-electron chi connectivity index (χ0n) is 23.8. The van der Waals surface area contributed by atoms with Gasteiger partial charge in [-0.05, 0) is 25.3 Å². The van der Waals surface area contributed by atoms with E-state index >= 15 is 0 Å². The number of fused-ring (bicyclic) bond motifs is 3. The number of aliphatic hydroxyl groups excluding tert-OH is 1. The summed E-state index contributed by atoms with van der Waals surface area (Å²) in [6, 6.07) is 0. The Hall–Kier alpha value is -4.12. The molecule has 0 fully saturated rings. The maximum Gasteiger partial charge on any atom is 0.355 e.